The molecule has 0 radical (unpaired) electrons. The summed E-state index contributed by atoms with van der Waals surface area (Å²) in [4.78, 5) is 49.3. The molecule has 0 aromatic heterocycles. The first-order chi connectivity index (χ1) is 21.6. The lowest BCUT2D eigenvalue weighted by Gasteiger charge is -2.64. The summed E-state index contributed by atoms with van der Waals surface area (Å²) < 4.78 is 81.4. The van der Waals surface area contributed by atoms with Crippen LogP contribution in [0.15, 0.2) is 0 Å². The first kappa shape index (κ1) is 37.5. The average Bonchev–Trinajstić information content (AvgIpc) is 3.29. The van der Waals surface area contributed by atoms with Crippen molar-refractivity contribution in [3.05, 3.63) is 0 Å². The second kappa shape index (κ2) is 13.5. The van der Waals surface area contributed by atoms with E-state index in [9.17, 15) is 36.4 Å². The molecule has 4 rings (SSSR count). The Hall–Kier alpha value is -2.35. The molecule has 268 valence electrons. The molecule has 0 spiro atoms. The van der Waals surface area contributed by atoms with E-state index >= 15 is 0 Å². The van der Waals surface area contributed by atoms with Crippen molar-refractivity contribution in [2.75, 3.05) is 0 Å². The Balaban J connectivity index is 1.59. The monoisotopic (exact) mass is 692 g/mol. The highest BCUT2D eigenvalue weighted by atomic mass is 32.2. The summed E-state index contributed by atoms with van der Waals surface area (Å²) in [6, 6.07) is 0. The molecule has 0 heterocycles. The zero-order chi connectivity index (χ0) is 35.3. The Morgan fingerprint density at radius 3 is 2.09 bits per heavy atom. The van der Waals surface area contributed by atoms with Crippen LogP contribution < -0.4 is 0 Å². The van der Waals surface area contributed by atoms with Crippen LogP contribution in [0.25, 0.3) is 0 Å². The topological polar surface area (TPSA) is 160 Å². The number of hydrogen-bond donors (Lipinski definition) is 1. The number of fused-ring (bicyclic) bond motifs is 5. The van der Waals surface area contributed by atoms with Crippen LogP contribution in [0.4, 0.5) is 8.78 Å². The van der Waals surface area contributed by atoms with E-state index in [0.29, 0.717) is 26.2 Å². The Bertz CT molecular complexity index is 1340. The van der Waals surface area contributed by atoms with Gasteiger partial charge >= 0.3 is 39.2 Å². The van der Waals surface area contributed by atoms with Gasteiger partial charge in [0.15, 0.2) is 6.10 Å². The normalized spacial score (nSPS) is 38.1. The quantitative estimate of drug-likeness (QED) is 0.175. The summed E-state index contributed by atoms with van der Waals surface area (Å²) in [5.74, 6) is -2.07. The summed E-state index contributed by atoms with van der Waals surface area (Å²) in [6.45, 7) is 11.2. The summed E-state index contributed by atoms with van der Waals surface area (Å²) in [5.41, 5.74) is -0.704. The van der Waals surface area contributed by atoms with Gasteiger partial charge in [-0.05, 0) is 93.3 Å². The number of carbonyl (C=O) groups is 4. The number of ether oxygens (including phenoxy) is 4. The fourth-order valence-corrected chi connectivity index (χ4v) is 10.7. The predicted molar refractivity (Wildman–Crippen MR) is 163 cm³/mol. The fraction of sp³-hybridized carbons (Fsp3) is 0.879. The van der Waals surface area contributed by atoms with E-state index in [1.165, 1.54) is 20.8 Å². The van der Waals surface area contributed by atoms with Gasteiger partial charge in [-0.1, -0.05) is 20.8 Å². The highest BCUT2D eigenvalue weighted by Crippen LogP contribution is 2.69. The van der Waals surface area contributed by atoms with Crippen LogP contribution in [0, 0.1) is 46.3 Å². The molecular formula is C33H50F2O11S. The van der Waals surface area contributed by atoms with Crippen molar-refractivity contribution in [3.63, 3.8) is 0 Å². The van der Waals surface area contributed by atoms with Gasteiger partial charge < -0.3 is 18.9 Å². The Kier molecular flexibility index (Phi) is 10.8. The van der Waals surface area contributed by atoms with Crippen molar-refractivity contribution in [3.8, 4) is 0 Å². The minimum absolute atomic E-state index is 0.00656. The first-order valence-corrected chi connectivity index (χ1v) is 18.1. The van der Waals surface area contributed by atoms with E-state index in [-0.39, 0.29) is 77.9 Å². The molecular weight excluding hydrogens is 642 g/mol. The molecule has 0 aliphatic heterocycles. The Labute approximate surface area is 275 Å². The first-order valence-electron chi connectivity index (χ1n) is 16.7. The van der Waals surface area contributed by atoms with Crippen molar-refractivity contribution in [1.82, 2.24) is 0 Å². The smallest absolute Gasteiger partial charge is 0.405 e. The van der Waals surface area contributed by atoms with Gasteiger partial charge in [-0.25, -0.2) is 0 Å². The third kappa shape index (κ3) is 7.19. The number of rotatable bonds is 10. The molecule has 4 aliphatic carbocycles. The van der Waals surface area contributed by atoms with Crippen molar-refractivity contribution < 1.29 is 59.9 Å². The highest BCUT2D eigenvalue weighted by Gasteiger charge is 2.67. The van der Waals surface area contributed by atoms with Crippen LogP contribution in [-0.2, 0) is 48.2 Å². The zero-order valence-electron chi connectivity index (χ0n) is 28.3. The van der Waals surface area contributed by atoms with E-state index in [4.69, 9.17) is 23.5 Å². The van der Waals surface area contributed by atoms with E-state index in [2.05, 4.69) is 13.8 Å². The molecule has 14 heteroatoms. The Morgan fingerprint density at radius 2 is 1.51 bits per heavy atom. The molecule has 0 aromatic rings. The maximum atomic E-state index is 14.0. The highest BCUT2D eigenvalue weighted by molar-refractivity contribution is 7.86. The average molecular weight is 693 g/mol. The van der Waals surface area contributed by atoms with Gasteiger partial charge in [0, 0.05) is 38.5 Å². The predicted octanol–water partition coefficient (Wildman–Crippen LogP) is 5.49. The molecule has 4 saturated carbocycles. The second-order valence-electron chi connectivity index (χ2n) is 15.0. The van der Waals surface area contributed by atoms with E-state index < -0.39 is 44.9 Å². The van der Waals surface area contributed by atoms with E-state index in [1.54, 1.807) is 0 Å². The number of alkyl halides is 2. The molecule has 0 aromatic carbocycles. The van der Waals surface area contributed by atoms with Crippen molar-refractivity contribution in [2.24, 2.45) is 46.3 Å². The van der Waals surface area contributed by atoms with Crippen LogP contribution >= 0.6 is 0 Å². The third-order valence-electron chi connectivity index (χ3n) is 12.3. The summed E-state index contributed by atoms with van der Waals surface area (Å²) in [7, 11) is -5.77. The van der Waals surface area contributed by atoms with Crippen LogP contribution in [0.3, 0.4) is 0 Å². The van der Waals surface area contributed by atoms with Gasteiger partial charge in [0.05, 0.1) is 0 Å². The fourth-order valence-electron chi connectivity index (χ4n) is 10.2. The minimum atomic E-state index is -5.77. The molecule has 4 aliphatic rings. The lowest BCUT2D eigenvalue weighted by atomic mass is 9.43. The molecule has 5 unspecified atom stereocenters. The molecule has 47 heavy (non-hydrogen) atoms. The zero-order valence-corrected chi connectivity index (χ0v) is 29.1. The van der Waals surface area contributed by atoms with Gasteiger partial charge in [0.2, 0.25) is 0 Å². The molecule has 0 amide bonds. The van der Waals surface area contributed by atoms with Crippen molar-refractivity contribution in [2.45, 2.75) is 136 Å². The summed E-state index contributed by atoms with van der Waals surface area (Å²) in [5, 5.41) is -4.65. The van der Waals surface area contributed by atoms with Gasteiger partial charge in [0.1, 0.15) is 18.3 Å². The maximum Gasteiger partial charge on any atom is 0.405 e. The number of carbonyl (C=O) groups excluding carboxylic acids is 4. The summed E-state index contributed by atoms with van der Waals surface area (Å²) in [6.07, 6.45) is 1.52. The van der Waals surface area contributed by atoms with Gasteiger partial charge in [-0.3, -0.25) is 23.7 Å². The Morgan fingerprint density at radius 1 is 0.894 bits per heavy atom. The molecule has 12 atom stereocenters. The van der Waals surface area contributed by atoms with E-state index in [0.717, 1.165) is 25.7 Å². The number of halogens is 2. The number of hydrogen-bond acceptors (Lipinski definition) is 10. The van der Waals surface area contributed by atoms with Crippen LogP contribution in [0.5, 0.6) is 0 Å². The molecule has 0 bridgehead atoms. The van der Waals surface area contributed by atoms with Gasteiger partial charge in [-0.15, -0.1) is 0 Å². The number of esters is 4. The van der Waals surface area contributed by atoms with Crippen LogP contribution in [-0.4, -0.2) is 66.5 Å². The molecule has 11 nitrogen and oxygen atoms in total. The second-order valence-corrected chi connectivity index (χ2v) is 16.4. The van der Waals surface area contributed by atoms with Gasteiger partial charge in [0.25, 0.3) is 0 Å². The SMILES string of the molecule is CC(=O)OC1CC[C@@]2(C)[C@@H](C1)CC(OC(C)=O)[C@H]1[C@@H]3CCC([C@@H](C)CCC(=O)OC(C)C(F)(F)S(=O)(=O)O)[C@@]3(C)C(OC(C)=O)C[C@@H]12. The minimum Gasteiger partial charge on any atom is -0.463 e. The van der Waals surface area contributed by atoms with E-state index in [1.807, 2.05) is 6.92 Å². The van der Waals surface area contributed by atoms with Gasteiger partial charge in [-0.2, -0.15) is 17.2 Å². The third-order valence-corrected chi connectivity index (χ3v) is 13.3. The largest absolute Gasteiger partial charge is 0.463 e. The summed E-state index contributed by atoms with van der Waals surface area (Å²) >= 11 is 0. The molecule has 4 fully saturated rings. The maximum absolute atomic E-state index is 14.0. The van der Waals surface area contributed by atoms with Crippen LogP contribution in [0.1, 0.15) is 106 Å². The standard InChI is InChI=1S/C33H50F2O11S/c1-17(8-11-29(39)43-18(2)33(34,35)47(40,41)42)24-9-10-25-30-26(16-28(32(24,25)7)46-21(5)38)31(6)13-12-23(44-19(3)36)14-22(31)15-27(30)45-20(4)37/h17-18,22-28,30H,8-16H2,1-7H3,(H,40,41,42)/t17-,18?,22-,23?,24?,25-,26-,27?,28?,30-,31-,32+/m0/s1. The molecule has 1 N–H and O–H groups in total. The lowest BCUT2D eigenvalue weighted by Crippen LogP contribution is -2.63. The van der Waals surface area contributed by atoms with Crippen LogP contribution in [0.2, 0.25) is 0 Å². The van der Waals surface area contributed by atoms with Crippen molar-refractivity contribution in [1.29, 1.82) is 0 Å². The van der Waals surface area contributed by atoms with Crippen molar-refractivity contribution >= 4 is 34.0 Å². The lowest BCUT2D eigenvalue weighted by molar-refractivity contribution is -0.224. The molecule has 0 saturated heterocycles.